The molecule has 0 aromatic heterocycles. The molecular weight excluding hydrogens is 172 g/mol. The highest BCUT2D eigenvalue weighted by molar-refractivity contribution is 6.19. The fourth-order valence-corrected chi connectivity index (χ4v) is 1.35. The number of rotatable bonds is 1. The molecule has 0 saturated heterocycles. The number of allylic oxidation sites excluding steroid dienone is 2. The van der Waals surface area contributed by atoms with E-state index in [0.717, 1.165) is 0 Å². The van der Waals surface area contributed by atoms with Gasteiger partial charge in [-0.05, 0) is 12.2 Å². The van der Waals surface area contributed by atoms with Crippen molar-refractivity contribution in [3.05, 3.63) is 23.9 Å². The van der Waals surface area contributed by atoms with Crippen molar-refractivity contribution in [1.29, 1.82) is 0 Å². The second kappa shape index (κ2) is 2.70. The molecule has 5 nitrogen and oxygen atoms in total. The van der Waals surface area contributed by atoms with Gasteiger partial charge in [0.1, 0.15) is 11.4 Å². The molecule has 0 aliphatic carbocycles. The van der Waals surface area contributed by atoms with Crippen molar-refractivity contribution in [3.8, 4) is 0 Å². The van der Waals surface area contributed by atoms with Gasteiger partial charge in [-0.2, -0.15) is 0 Å². The number of amidine groups is 1. The lowest BCUT2D eigenvalue weighted by Gasteiger charge is -2.22. The largest absolute Gasteiger partial charge is 0.478 e. The van der Waals surface area contributed by atoms with Crippen LogP contribution in [0.2, 0.25) is 0 Å². The summed E-state index contributed by atoms with van der Waals surface area (Å²) in [5.41, 5.74) is 0.124. The Labute approximate surface area is 74.3 Å². The number of hydrogen-bond donors (Lipinski definition) is 2. The molecule has 68 valence electrons. The van der Waals surface area contributed by atoms with Crippen molar-refractivity contribution < 1.29 is 15.0 Å². The third-order valence-electron chi connectivity index (χ3n) is 1.95. The Morgan fingerprint density at radius 3 is 3.15 bits per heavy atom. The van der Waals surface area contributed by atoms with Crippen molar-refractivity contribution in [2.75, 3.05) is 6.54 Å². The van der Waals surface area contributed by atoms with Gasteiger partial charge in [0.25, 0.3) is 0 Å². The molecule has 2 rings (SSSR count). The van der Waals surface area contributed by atoms with Crippen molar-refractivity contribution in [2.24, 2.45) is 4.99 Å². The minimum absolute atomic E-state index is 0.124. The fraction of sp³-hybridized carbons (Fsp3) is 0.250. The first-order chi connectivity index (χ1) is 6.20. The first-order valence-corrected chi connectivity index (χ1v) is 3.83. The van der Waals surface area contributed by atoms with Gasteiger partial charge in [0.15, 0.2) is 6.23 Å². The van der Waals surface area contributed by atoms with Gasteiger partial charge < -0.3 is 15.1 Å². The van der Waals surface area contributed by atoms with Crippen molar-refractivity contribution in [2.45, 2.75) is 6.23 Å². The predicted octanol–water partition coefficient (Wildman–Crippen LogP) is -0.443. The molecular formula is C8H8N2O3. The average molecular weight is 180 g/mol. The Hall–Kier alpha value is -1.62. The SMILES string of the molecule is O=C(O)C1=CC=CN2C1=NCC2O. The molecule has 5 heteroatoms. The summed E-state index contributed by atoms with van der Waals surface area (Å²) in [6.45, 7) is 0.226. The molecule has 2 aliphatic heterocycles. The van der Waals surface area contributed by atoms with Gasteiger partial charge in [-0.25, -0.2) is 4.79 Å². The summed E-state index contributed by atoms with van der Waals surface area (Å²) in [5.74, 6) is -0.690. The molecule has 0 fully saturated rings. The number of carbonyl (C=O) groups is 1. The third kappa shape index (κ3) is 1.13. The highest BCUT2D eigenvalue weighted by atomic mass is 16.4. The Balaban J connectivity index is 2.37. The number of aliphatic imine (C=N–C) groups is 1. The number of nitrogens with zero attached hydrogens (tertiary/aromatic N) is 2. The van der Waals surface area contributed by atoms with Gasteiger partial charge >= 0.3 is 5.97 Å². The zero-order valence-corrected chi connectivity index (χ0v) is 6.71. The molecule has 0 aromatic rings. The predicted molar refractivity (Wildman–Crippen MR) is 45.0 cm³/mol. The second-order valence-corrected chi connectivity index (χ2v) is 2.78. The van der Waals surface area contributed by atoms with Gasteiger partial charge in [-0.15, -0.1) is 0 Å². The molecule has 0 aromatic carbocycles. The monoisotopic (exact) mass is 180 g/mol. The normalized spacial score (nSPS) is 25.3. The Morgan fingerprint density at radius 1 is 1.69 bits per heavy atom. The fourth-order valence-electron chi connectivity index (χ4n) is 1.35. The lowest BCUT2D eigenvalue weighted by molar-refractivity contribution is -0.132. The maximum atomic E-state index is 10.7. The van der Waals surface area contributed by atoms with Crippen LogP contribution in [0.25, 0.3) is 0 Å². The van der Waals surface area contributed by atoms with Gasteiger partial charge in [-0.3, -0.25) is 4.99 Å². The summed E-state index contributed by atoms with van der Waals surface area (Å²) in [4.78, 5) is 16.1. The Kier molecular flexibility index (Phi) is 1.66. The quantitative estimate of drug-likeness (QED) is 0.573. The molecule has 0 radical (unpaired) electrons. The van der Waals surface area contributed by atoms with Crippen molar-refractivity contribution in [1.82, 2.24) is 4.90 Å². The molecule has 0 amide bonds. The number of fused-ring (bicyclic) bond motifs is 1. The summed E-state index contributed by atoms with van der Waals surface area (Å²) in [6, 6.07) is 0. The maximum Gasteiger partial charge on any atom is 0.339 e. The standard InChI is InChI=1S/C8H8N2O3/c11-6-4-9-7-5(8(12)13)2-1-3-10(6)7/h1-3,6,11H,4H2,(H,12,13). The van der Waals surface area contributed by atoms with Gasteiger partial charge in [0.2, 0.25) is 0 Å². The first-order valence-electron chi connectivity index (χ1n) is 3.83. The van der Waals surface area contributed by atoms with Crippen LogP contribution in [0.15, 0.2) is 28.9 Å². The van der Waals surface area contributed by atoms with Crippen LogP contribution in [0.3, 0.4) is 0 Å². The van der Waals surface area contributed by atoms with Crippen LogP contribution in [0.1, 0.15) is 0 Å². The van der Waals surface area contributed by atoms with E-state index in [4.69, 9.17) is 5.11 Å². The van der Waals surface area contributed by atoms with E-state index >= 15 is 0 Å². The van der Waals surface area contributed by atoms with Gasteiger partial charge in [-0.1, -0.05) is 0 Å². The zero-order valence-electron chi connectivity index (χ0n) is 6.71. The van der Waals surface area contributed by atoms with Crippen LogP contribution in [0.5, 0.6) is 0 Å². The smallest absolute Gasteiger partial charge is 0.339 e. The molecule has 0 spiro atoms. The van der Waals surface area contributed by atoms with Crippen molar-refractivity contribution >= 4 is 11.8 Å². The van der Waals surface area contributed by atoms with Crippen LogP contribution < -0.4 is 0 Å². The van der Waals surface area contributed by atoms with E-state index < -0.39 is 12.2 Å². The summed E-state index contributed by atoms with van der Waals surface area (Å²) in [7, 11) is 0. The number of aliphatic hydroxyl groups excluding tert-OH is 1. The van der Waals surface area contributed by atoms with Gasteiger partial charge in [0, 0.05) is 6.20 Å². The summed E-state index contributed by atoms with van der Waals surface area (Å²) in [5, 5.41) is 18.1. The Morgan fingerprint density at radius 2 is 2.46 bits per heavy atom. The molecule has 2 N–H and O–H groups in total. The molecule has 13 heavy (non-hydrogen) atoms. The van der Waals surface area contributed by atoms with E-state index in [2.05, 4.69) is 4.99 Å². The molecule has 1 unspecified atom stereocenters. The summed E-state index contributed by atoms with van der Waals surface area (Å²) in [6.07, 6.45) is 3.93. The highest BCUT2D eigenvalue weighted by Gasteiger charge is 2.30. The zero-order chi connectivity index (χ0) is 9.42. The molecule has 0 saturated carbocycles. The van der Waals surface area contributed by atoms with Gasteiger partial charge in [0.05, 0.1) is 6.54 Å². The topological polar surface area (TPSA) is 73.1 Å². The minimum atomic E-state index is -1.03. The average Bonchev–Trinajstić information content (AvgIpc) is 2.48. The number of aliphatic hydroxyl groups is 1. The lowest BCUT2D eigenvalue weighted by Crippen LogP contribution is -2.35. The molecule has 1 atom stereocenters. The molecule has 2 heterocycles. The summed E-state index contributed by atoms with van der Waals surface area (Å²) >= 11 is 0. The van der Waals surface area contributed by atoms with Crippen LogP contribution in [-0.2, 0) is 4.79 Å². The highest BCUT2D eigenvalue weighted by Crippen LogP contribution is 2.18. The van der Waals surface area contributed by atoms with E-state index in [9.17, 15) is 9.90 Å². The lowest BCUT2D eigenvalue weighted by atomic mass is 10.1. The molecule has 2 aliphatic rings. The number of carboxylic acid groups (broad SMARTS) is 1. The number of hydrogen-bond acceptors (Lipinski definition) is 4. The number of carboxylic acids is 1. The number of aliphatic carboxylic acids is 1. The van der Waals surface area contributed by atoms with Crippen LogP contribution in [0.4, 0.5) is 0 Å². The van der Waals surface area contributed by atoms with Crippen LogP contribution in [-0.4, -0.2) is 39.7 Å². The van der Waals surface area contributed by atoms with E-state index in [1.165, 1.54) is 11.0 Å². The van der Waals surface area contributed by atoms with Crippen molar-refractivity contribution in [3.63, 3.8) is 0 Å². The summed E-state index contributed by atoms with van der Waals surface area (Å²) < 4.78 is 0. The second-order valence-electron chi connectivity index (χ2n) is 2.78. The minimum Gasteiger partial charge on any atom is -0.478 e. The van der Waals surface area contributed by atoms with Crippen LogP contribution >= 0.6 is 0 Å². The van der Waals surface area contributed by atoms with E-state index in [1.54, 1.807) is 12.3 Å². The first kappa shape index (κ1) is 8.00. The maximum absolute atomic E-state index is 10.7. The van der Waals surface area contributed by atoms with E-state index in [-0.39, 0.29) is 12.1 Å². The molecule has 0 bridgehead atoms. The third-order valence-corrected chi connectivity index (χ3v) is 1.95. The van der Waals surface area contributed by atoms with E-state index in [1.807, 2.05) is 0 Å². The Bertz CT molecular complexity index is 343. The van der Waals surface area contributed by atoms with Crippen LogP contribution in [0, 0.1) is 0 Å². The van der Waals surface area contributed by atoms with E-state index in [0.29, 0.717) is 5.84 Å².